The first-order valence-corrected chi connectivity index (χ1v) is 13.1. The first kappa shape index (κ1) is 34.9. The lowest BCUT2D eigenvalue weighted by Crippen LogP contribution is -2.70. The van der Waals surface area contributed by atoms with Gasteiger partial charge in [0, 0.05) is 17.1 Å². The molecule has 0 atom stereocenters. The van der Waals surface area contributed by atoms with Crippen LogP contribution in [-0.4, -0.2) is 48.1 Å². The zero-order valence-electron chi connectivity index (χ0n) is 21.3. The zero-order chi connectivity index (χ0) is 31.3. The molecule has 0 saturated carbocycles. The van der Waals surface area contributed by atoms with E-state index < -0.39 is 48.0 Å². The Labute approximate surface area is 231 Å². The van der Waals surface area contributed by atoms with E-state index in [4.69, 9.17) is 4.74 Å². The molecule has 0 fully saturated rings. The average Bonchev–Trinajstić information content (AvgIpc) is 2.88. The van der Waals surface area contributed by atoms with Crippen molar-refractivity contribution >= 4 is 11.8 Å². The lowest BCUT2D eigenvalue weighted by Gasteiger charge is -2.39. The summed E-state index contributed by atoms with van der Waals surface area (Å²) in [7, 11) is 0. The third-order valence-corrected chi connectivity index (χ3v) is 7.01. The van der Waals surface area contributed by atoms with Crippen molar-refractivity contribution in [3.05, 3.63) is 48.5 Å². The summed E-state index contributed by atoms with van der Waals surface area (Å²) in [5.74, 6) is -37.1. The van der Waals surface area contributed by atoms with Crippen LogP contribution in [0.2, 0.25) is 0 Å². The van der Waals surface area contributed by atoms with E-state index in [1.54, 1.807) is 24.3 Å². The number of ether oxygens (including phenoxy) is 1. The largest absolute Gasteiger partial charge is 0.494 e. The number of unbranched alkanes of at least 4 members (excludes halogenated alkanes) is 3. The van der Waals surface area contributed by atoms with Crippen molar-refractivity contribution < 1.29 is 61.8 Å². The smallest absolute Gasteiger partial charge is 0.460 e. The minimum atomic E-state index is -7.88. The number of thioether (sulfide) groups is 1. The molecule has 232 valence electrons. The van der Waals surface area contributed by atoms with Gasteiger partial charge in [-0.2, -0.15) is 57.1 Å². The van der Waals surface area contributed by atoms with Crippen LogP contribution in [0.1, 0.15) is 39.0 Å². The van der Waals surface area contributed by atoms with Gasteiger partial charge in [0.2, 0.25) is 0 Å². The van der Waals surface area contributed by atoms with Crippen LogP contribution in [0.4, 0.5) is 57.1 Å². The summed E-state index contributed by atoms with van der Waals surface area (Å²) in [6, 6.07) is 12.7. The van der Waals surface area contributed by atoms with Crippen molar-refractivity contribution in [1.82, 2.24) is 0 Å². The Kier molecular flexibility index (Phi) is 11.0. The van der Waals surface area contributed by atoms with Crippen LogP contribution >= 0.6 is 11.8 Å². The summed E-state index contributed by atoms with van der Waals surface area (Å²) in [4.78, 5) is 0.167. The minimum absolute atomic E-state index is 0.167. The van der Waals surface area contributed by atoms with Gasteiger partial charge in [-0.25, -0.2) is 0 Å². The molecule has 0 heterocycles. The molecule has 0 spiro atoms. The van der Waals surface area contributed by atoms with Gasteiger partial charge in [-0.1, -0.05) is 50.5 Å². The van der Waals surface area contributed by atoms with Crippen molar-refractivity contribution in [3.63, 3.8) is 0 Å². The van der Waals surface area contributed by atoms with E-state index >= 15 is 0 Å². The SMILES string of the molecule is CCCCCCOc1ccc(-c2ccc(SCCC(F)(F)C(F)(F)C(F)(F)C(F)(F)C(F)(F)C(F)(F)F)cc2)cc1. The molecule has 2 aromatic rings. The first-order valence-electron chi connectivity index (χ1n) is 12.1. The highest BCUT2D eigenvalue weighted by Crippen LogP contribution is 2.60. The number of hydrogen-bond acceptors (Lipinski definition) is 2. The lowest BCUT2D eigenvalue weighted by atomic mass is 9.93. The topological polar surface area (TPSA) is 9.23 Å². The van der Waals surface area contributed by atoms with Gasteiger partial charge in [0.25, 0.3) is 0 Å². The van der Waals surface area contributed by atoms with E-state index in [1.807, 2.05) is 0 Å². The van der Waals surface area contributed by atoms with Crippen LogP contribution in [0.25, 0.3) is 11.1 Å². The van der Waals surface area contributed by atoms with Crippen molar-refractivity contribution in [1.29, 1.82) is 0 Å². The number of rotatable bonds is 15. The molecule has 0 amide bonds. The molecule has 0 aliphatic heterocycles. The molecule has 0 saturated heterocycles. The van der Waals surface area contributed by atoms with Crippen molar-refractivity contribution in [2.24, 2.45) is 0 Å². The highest BCUT2D eigenvalue weighted by Gasteiger charge is 2.90. The van der Waals surface area contributed by atoms with Crippen LogP contribution < -0.4 is 4.74 Å². The molecular formula is C26H25F13OS. The van der Waals surface area contributed by atoms with E-state index in [-0.39, 0.29) is 4.90 Å². The molecule has 1 nitrogen and oxygen atoms in total. The molecule has 15 heteroatoms. The average molecular weight is 633 g/mol. The zero-order valence-corrected chi connectivity index (χ0v) is 22.1. The van der Waals surface area contributed by atoms with Crippen molar-refractivity contribution in [2.45, 2.75) is 79.7 Å². The van der Waals surface area contributed by atoms with Gasteiger partial charge in [0.1, 0.15) is 5.75 Å². The van der Waals surface area contributed by atoms with E-state index in [2.05, 4.69) is 6.92 Å². The third kappa shape index (κ3) is 7.37. The predicted octanol–water partition coefficient (Wildman–Crippen LogP) is 10.5. The summed E-state index contributed by atoms with van der Waals surface area (Å²) in [6.45, 7) is 2.64. The maximum Gasteiger partial charge on any atom is 0.460 e. The maximum atomic E-state index is 14.0. The molecule has 2 aromatic carbocycles. The summed E-state index contributed by atoms with van der Waals surface area (Å²) >= 11 is 0.418. The van der Waals surface area contributed by atoms with Gasteiger partial charge in [-0.05, 0) is 41.8 Å². The highest BCUT2D eigenvalue weighted by molar-refractivity contribution is 7.99. The number of hydrogen-bond donors (Lipinski definition) is 0. The summed E-state index contributed by atoms with van der Waals surface area (Å²) in [6.07, 6.45) is -5.52. The molecule has 2 rings (SSSR count). The van der Waals surface area contributed by atoms with Gasteiger partial charge >= 0.3 is 35.8 Å². The second kappa shape index (κ2) is 12.9. The number of halogens is 13. The van der Waals surface area contributed by atoms with Crippen molar-refractivity contribution in [3.8, 4) is 16.9 Å². The fourth-order valence-electron chi connectivity index (χ4n) is 3.46. The van der Waals surface area contributed by atoms with Gasteiger partial charge in [0.15, 0.2) is 0 Å². The Hall–Kier alpha value is -2.32. The van der Waals surface area contributed by atoms with Crippen LogP contribution in [0.15, 0.2) is 53.4 Å². The molecule has 0 N–H and O–H groups in total. The summed E-state index contributed by atoms with van der Waals surface area (Å²) in [5.41, 5.74) is 1.37. The standard InChI is InChI=1S/C26H25F13OS/c1-2-3-4-5-15-40-19-10-6-17(7-11-19)18-8-12-20(13-9-18)41-16-14-21(27,28)22(29,30)23(31,32)24(33,34)25(35,36)26(37,38)39/h6-13H,2-5,14-16H2,1H3. The molecular weight excluding hydrogens is 607 g/mol. The highest BCUT2D eigenvalue weighted by atomic mass is 32.2. The Morgan fingerprint density at radius 1 is 0.585 bits per heavy atom. The van der Waals surface area contributed by atoms with E-state index in [1.165, 1.54) is 24.3 Å². The quantitative estimate of drug-likeness (QED) is 0.110. The van der Waals surface area contributed by atoms with E-state index in [9.17, 15) is 57.1 Å². The van der Waals surface area contributed by atoms with E-state index in [0.717, 1.165) is 31.2 Å². The molecule has 0 unspecified atom stereocenters. The Morgan fingerprint density at radius 3 is 1.56 bits per heavy atom. The molecule has 0 radical (unpaired) electrons. The monoisotopic (exact) mass is 632 g/mol. The predicted molar refractivity (Wildman–Crippen MR) is 128 cm³/mol. The van der Waals surface area contributed by atoms with Crippen LogP contribution in [-0.2, 0) is 0 Å². The molecule has 0 bridgehead atoms. The molecule has 0 aromatic heterocycles. The van der Waals surface area contributed by atoms with Crippen LogP contribution in [0, 0.1) is 0 Å². The Balaban J connectivity index is 2.02. The normalized spacial score (nSPS) is 13.9. The summed E-state index contributed by atoms with van der Waals surface area (Å²) in [5, 5.41) is 0. The molecule has 0 aliphatic carbocycles. The fraction of sp³-hybridized carbons (Fsp3) is 0.538. The number of benzene rings is 2. The lowest BCUT2D eigenvalue weighted by molar-refractivity contribution is -0.439. The number of alkyl halides is 13. The van der Waals surface area contributed by atoms with Gasteiger partial charge < -0.3 is 4.74 Å². The Morgan fingerprint density at radius 2 is 1.07 bits per heavy atom. The van der Waals surface area contributed by atoms with Crippen molar-refractivity contribution in [2.75, 3.05) is 12.4 Å². The van der Waals surface area contributed by atoms with E-state index in [0.29, 0.717) is 29.7 Å². The second-order valence-electron chi connectivity index (χ2n) is 9.06. The summed E-state index contributed by atoms with van der Waals surface area (Å²) < 4.78 is 177. The fourth-order valence-corrected chi connectivity index (χ4v) is 4.38. The maximum absolute atomic E-state index is 14.0. The van der Waals surface area contributed by atoms with Gasteiger partial charge in [-0.3, -0.25) is 0 Å². The first-order chi connectivity index (χ1) is 18.7. The molecule has 41 heavy (non-hydrogen) atoms. The van der Waals surface area contributed by atoms with Gasteiger partial charge in [0.05, 0.1) is 6.61 Å². The third-order valence-electron chi connectivity index (χ3n) is 5.99. The second-order valence-corrected chi connectivity index (χ2v) is 10.2. The minimum Gasteiger partial charge on any atom is -0.494 e. The van der Waals surface area contributed by atoms with Gasteiger partial charge in [-0.15, -0.1) is 11.8 Å². The Bertz CT molecular complexity index is 1100. The van der Waals surface area contributed by atoms with Crippen LogP contribution in [0.5, 0.6) is 5.75 Å². The van der Waals surface area contributed by atoms with Crippen LogP contribution in [0.3, 0.4) is 0 Å². The molecule has 0 aliphatic rings.